The summed E-state index contributed by atoms with van der Waals surface area (Å²) in [6.45, 7) is 0.544. The Morgan fingerprint density at radius 3 is 2.54 bits per heavy atom. The number of amides is 1. The number of ether oxygens (including phenoxy) is 2. The second-order valence-electron chi connectivity index (χ2n) is 4.66. The summed E-state index contributed by atoms with van der Waals surface area (Å²) in [4.78, 5) is 12.3. The van der Waals surface area contributed by atoms with Gasteiger partial charge in [0.15, 0.2) is 17.4 Å². The molecule has 0 aliphatic carbocycles. The van der Waals surface area contributed by atoms with E-state index in [0.717, 1.165) is 12.1 Å². The molecule has 0 bridgehead atoms. The fourth-order valence-electron chi connectivity index (χ4n) is 1.87. The van der Waals surface area contributed by atoms with Crippen molar-refractivity contribution in [2.24, 2.45) is 0 Å². The highest BCUT2D eigenvalue weighted by Gasteiger charge is 2.17. The Balaban J connectivity index is 2.26. The van der Waals surface area contributed by atoms with Gasteiger partial charge >= 0.3 is 0 Å². The van der Waals surface area contributed by atoms with E-state index in [1.165, 1.54) is 7.11 Å². The standard InChI is InChI=1S/C16H13Cl2F2NO3/c1-23-5-6-24-15-10(17)3-2-4-14(15)21-16(22)9-7-12(19)13(20)8-11(9)18/h2-4,7-8H,5-6H2,1H3,(H,21,22). The molecule has 1 N–H and O–H groups in total. The van der Waals surface area contributed by atoms with Gasteiger partial charge in [-0.25, -0.2) is 8.78 Å². The number of benzene rings is 2. The summed E-state index contributed by atoms with van der Waals surface area (Å²) in [5, 5.41) is 2.58. The smallest absolute Gasteiger partial charge is 0.257 e. The Morgan fingerprint density at radius 2 is 1.83 bits per heavy atom. The molecule has 24 heavy (non-hydrogen) atoms. The lowest BCUT2D eigenvalue weighted by atomic mass is 10.2. The minimum atomic E-state index is -1.17. The Bertz CT molecular complexity index is 756. The topological polar surface area (TPSA) is 47.6 Å². The molecule has 0 fully saturated rings. The second kappa shape index (κ2) is 8.28. The molecule has 0 saturated heterocycles. The summed E-state index contributed by atoms with van der Waals surface area (Å²) < 4.78 is 36.8. The number of halogens is 4. The van der Waals surface area contributed by atoms with Crippen LogP contribution in [0.5, 0.6) is 5.75 Å². The van der Waals surface area contributed by atoms with Gasteiger partial charge in [0.1, 0.15) is 6.61 Å². The van der Waals surface area contributed by atoms with Crippen LogP contribution in [0.3, 0.4) is 0 Å². The second-order valence-corrected chi connectivity index (χ2v) is 5.47. The van der Waals surface area contributed by atoms with Crippen molar-refractivity contribution in [2.75, 3.05) is 25.6 Å². The van der Waals surface area contributed by atoms with Crippen molar-refractivity contribution in [3.8, 4) is 5.75 Å². The van der Waals surface area contributed by atoms with E-state index >= 15 is 0 Å². The zero-order valence-corrected chi connectivity index (χ0v) is 14.0. The maximum absolute atomic E-state index is 13.3. The monoisotopic (exact) mass is 375 g/mol. The van der Waals surface area contributed by atoms with E-state index in [-0.39, 0.29) is 33.7 Å². The van der Waals surface area contributed by atoms with Crippen molar-refractivity contribution in [3.05, 3.63) is 57.6 Å². The van der Waals surface area contributed by atoms with Crippen molar-refractivity contribution in [1.82, 2.24) is 0 Å². The minimum absolute atomic E-state index is 0.210. The Hall–Kier alpha value is -1.89. The molecule has 0 aliphatic heterocycles. The predicted molar refractivity (Wildman–Crippen MR) is 88.1 cm³/mol. The van der Waals surface area contributed by atoms with Crippen LogP contribution >= 0.6 is 23.2 Å². The maximum atomic E-state index is 13.3. The zero-order chi connectivity index (χ0) is 17.7. The largest absolute Gasteiger partial charge is 0.487 e. The number of hydrogen-bond donors (Lipinski definition) is 1. The van der Waals surface area contributed by atoms with Gasteiger partial charge in [0.25, 0.3) is 5.91 Å². The quantitative estimate of drug-likeness (QED) is 0.595. The number of anilines is 1. The van der Waals surface area contributed by atoms with Gasteiger partial charge in [-0.2, -0.15) is 0 Å². The normalized spacial score (nSPS) is 10.5. The van der Waals surface area contributed by atoms with Crippen LogP contribution < -0.4 is 10.1 Å². The zero-order valence-electron chi connectivity index (χ0n) is 12.5. The van der Waals surface area contributed by atoms with E-state index in [4.69, 9.17) is 32.7 Å². The highest BCUT2D eigenvalue weighted by molar-refractivity contribution is 6.35. The molecule has 0 heterocycles. The highest BCUT2D eigenvalue weighted by atomic mass is 35.5. The summed E-state index contributed by atoms with van der Waals surface area (Å²) in [7, 11) is 1.52. The molecule has 2 aromatic carbocycles. The SMILES string of the molecule is COCCOc1c(Cl)cccc1NC(=O)c1cc(F)c(F)cc1Cl. The average Bonchev–Trinajstić information content (AvgIpc) is 2.53. The molecule has 0 aliphatic rings. The highest BCUT2D eigenvalue weighted by Crippen LogP contribution is 2.33. The molecule has 8 heteroatoms. The third kappa shape index (κ3) is 4.35. The third-order valence-electron chi connectivity index (χ3n) is 3.00. The fraction of sp³-hybridized carbons (Fsp3) is 0.188. The molecule has 0 unspecified atom stereocenters. The molecule has 0 atom stereocenters. The molecule has 0 radical (unpaired) electrons. The number of carbonyl (C=O) groups is 1. The first-order valence-corrected chi connectivity index (χ1v) is 7.55. The Kier molecular flexibility index (Phi) is 6.36. The molecule has 0 aromatic heterocycles. The van der Waals surface area contributed by atoms with Crippen molar-refractivity contribution in [2.45, 2.75) is 0 Å². The van der Waals surface area contributed by atoms with E-state index in [1.807, 2.05) is 0 Å². The lowest BCUT2D eigenvalue weighted by Gasteiger charge is -2.14. The van der Waals surface area contributed by atoms with Crippen LogP contribution in [0, 0.1) is 11.6 Å². The minimum Gasteiger partial charge on any atom is -0.487 e. The van der Waals surface area contributed by atoms with Gasteiger partial charge in [0.2, 0.25) is 0 Å². The van der Waals surface area contributed by atoms with E-state index in [0.29, 0.717) is 6.61 Å². The molecular formula is C16H13Cl2F2NO3. The van der Waals surface area contributed by atoms with Gasteiger partial charge in [-0.1, -0.05) is 29.3 Å². The van der Waals surface area contributed by atoms with E-state index in [1.54, 1.807) is 18.2 Å². The van der Waals surface area contributed by atoms with Crippen LogP contribution in [0.15, 0.2) is 30.3 Å². The predicted octanol–water partition coefficient (Wildman–Crippen LogP) is 4.55. The van der Waals surface area contributed by atoms with Gasteiger partial charge in [-0.05, 0) is 24.3 Å². The number of hydrogen-bond acceptors (Lipinski definition) is 3. The lowest BCUT2D eigenvalue weighted by Crippen LogP contribution is -2.15. The first-order valence-electron chi connectivity index (χ1n) is 6.80. The summed E-state index contributed by atoms with van der Waals surface area (Å²) in [6, 6.07) is 6.21. The number of carbonyl (C=O) groups excluding carboxylic acids is 1. The van der Waals surface area contributed by atoms with Gasteiger partial charge in [0.05, 0.1) is 27.9 Å². The number of nitrogens with one attached hydrogen (secondary N) is 1. The molecule has 4 nitrogen and oxygen atoms in total. The first kappa shape index (κ1) is 18.4. The number of para-hydroxylation sites is 1. The van der Waals surface area contributed by atoms with Crippen molar-refractivity contribution >= 4 is 34.8 Å². The molecule has 0 saturated carbocycles. The van der Waals surface area contributed by atoms with Crippen LogP contribution in [-0.4, -0.2) is 26.2 Å². The molecule has 2 aromatic rings. The van der Waals surface area contributed by atoms with Gasteiger partial charge in [-0.15, -0.1) is 0 Å². The number of rotatable bonds is 6. The molecule has 2 rings (SSSR count). The molecule has 128 valence electrons. The van der Waals surface area contributed by atoms with E-state index < -0.39 is 17.5 Å². The lowest BCUT2D eigenvalue weighted by molar-refractivity contribution is 0.102. The van der Waals surface area contributed by atoms with Crippen LogP contribution in [0.1, 0.15) is 10.4 Å². The third-order valence-corrected chi connectivity index (χ3v) is 3.61. The van der Waals surface area contributed by atoms with Gasteiger partial charge in [-0.3, -0.25) is 4.79 Å². The summed E-state index contributed by atoms with van der Waals surface area (Å²) >= 11 is 11.9. The fourth-order valence-corrected chi connectivity index (χ4v) is 2.33. The summed E-state index contributed by atoms with van der Waals surface area (Å²) in [5.74, 6) is -2.80. The van der Waals surface area contributed by atoms with E-state index in [9.17, 15) is 13.6 Å². The van der Waals surface area contributed by atoms with Crippen LogP contribution in [-0.2, 0) is 4.74 Å². The first-order chi connectivity index (χ1) is 11.4. The Morgan fingerprint density at radius 1 is 1.12 bits per heavy atom. The van der Waals surface area contributed by atoms with Crippen molar-refractivity contribution in [3.63, 3.8) is 0 Å². The van der Waals surface area contributed by atoms with Crippen LogP contribution in [0.4, 0.5) is 14.5 Å². The van der Waals surface area contributed by atoms with Crippen LogP contribution in [0.25, 0.3) is 0 Å². The summed E-state index contributed by atoms with van der Waals surface area (Å²) in [6.07, 6.45) is 0. The maximum Gasteiger partial charge on any atom is 0.257 e. The van der Waals surface area contributed by atoms with Crippen molar-refractivity contribution < 1.29 is 23.0 Å². The molecular weight excluding hydrogens is 363 g/mol. The van der Waals surface area contributed by atoms with Crippen LogP contribution in [0.2, 0.25) is 10.0 Å². The van der Waals surface area contributed by atoms with Gasteiger partial charge < -0.3 is 14.8 Å². The molecule has 0 spiro atoms. The summed E-state index contributed by atoms with van der Waals surface area (Å²) in [5.41, 5.74) is 0.0581. The Labute approximate surface area is 147 Å². The molecule has 1 amide bonds. The van der Waals surface area contributed by atoms with Gasteiger partial charge in [0, 0.05) is 7.11 Å². The van der Waals surface area contributed by atoms with E-state index in [2.05, 4.69) is 5.32 Å². The average molecular weight is 376 g/mol. The van der Waals surface area contributed by atoms with Crippen molar-refractivity contribution in [1.29, 1.82) is 0 Å². The number of methoxy groups -OCH3 is 1.